The van der Waals surface area contributed by atoms with E-state index in [4.69, 9.17) is 9.05 Å². The third-order valence-corrected chi connectivity index (χ3v) is 13.8. The molecule has 0 aromatic heterocycles. The Labute approximate surface area is 410 Å². The number of quaternary nitrogens is 1. The molecule has 3 N–H and O–H groups in total. The molecule has 0 fully saturated rings. The standard InChI is InChI=1S/C57H111N2O6P/c1-6-8-10-12-14-16-18-20-22-24-26-27-28-29-30-31-33-35-37-39-41-43-45-47-49-51-57(61)58-55(54-65-66(62,63)64-53-52-59(3,4)5)56(60)50-48-46-44-42-40-38-36-34-32-25-23-21-19-17-15-13-11-9-7-2/h32,34,40,42,48,50,55-56,60H,6-31,33,35-39,41,43-47,49,51-54H2,1-5H3,(H-,58,61,62,63)/p+1/b34-32+,42-40+,50-48+. The Kier molecular flexibility index (Phi) is 47.8. The van der Waals surface area contributed by atoms with Crippen LogP contribution in [0.1, 0.15) is 271 Å². The second-order valence-electron chi connectivity index (χ2n) is 20.7. The molecule has 0 aromatic rings. The van der Waals surface area contributed by atoms with Gasteiger partial charge in [0.05, 0.1) is 39.9 Å². The first-order valence-corrected chi connectivity index (χ1v) is 29.9. The van der Waals surface area contributed by atoms with E-state index in [1.807, 2.05) is 27.2 Å². The number of rotatable bonds is 52. The highest BCUT2D eigenvalue weighted by Crippen LogP contribution is 2.43. The van der Waals surface area contributed by atoms with Crippen molar-refractivity contribution in [2.75, 3.05) is 40.9 Å². The van der Waals surface area contributed by atoms with Gasteiger partial charge in [-0.1, -0.05) is 256 Å². The largest absolute Gasteiger partial charge is 0.472 e. The van der Waals surface area contributed by atoms with Crippen LogP contribution in [0.5, 0.6) is 0 Å². The summed E-state index contributed by atoms with van der Waals surface area (Å²) in [4.78, 5) is 23.3. The lowest BCUT2D eigenvalue weighted by molar-refractivity contribution is -0.870. The van der Waals surface area contributed by atoms with Crippen LogP contribution in [0, 0.1) is 0 Å². The lowest BCUT2D eigenvalue weighted by atomic mass is 10.0. The minimum absolute atomic E-state index is 0.0551. The molecule has 0 spiro atoms. The van der Waals surface area contributed by atoms with Crippen molar-refractivity contribution in [3.63, 3.8) is 0 Å². The molecule has 0 rings (SSSR count). The van der Waals surface area contributed by atoms with E-state index in [9.17, 15) is 19.4 Å². The average Bonchev–Trinajstić information content (AvgIpc) is 3.28. The lowest BCUT2D eigenvalue weighted by Crippen LogP contribution is -2.45. The zero-order valence-electron chi connectivity index (χ0n) is 44.4. The number of phosphoric acid groups is 1. The van der Waals surface area contributed by atoms with Crippen molar-refractivity contribution in [2.45, 2.75) is 283 Å². The van der Waals surface area contributed by atoms with E-state index in [1.54, 1.807) is 6.08 Å². The maximum absolute atomic E-state index is 13.0. The third-order valence-electron chi connectivity index (χ3n) is 12.8. The number of likely N-dealkylation sites (N-methyl/N-ethyl adjacent to an activating group) is 1. The second kappa shape index (κ2) is 48.7. The van der Waals surface area contributed by atoms with Crippen LogP contribution in [0.15, 0.2) is 36.5 Å². The molecule has 0 saturated carbocycles. The van der Waals surface area contributed by atoms with Crippen molar-refractivity contribution in [1.29, 1.82) is 0 Å². The van der Waals surface area contributed by atoms with Crippen molar-refractivity contribution >= 4 is 13.7 Å². The maximum Gasteiger partial charge on any atom is 0.472 e. The number of hydrogen-bond donors (Lipinski definition) is 3. The van der Waals surface area contributed by atoms with Gasteiger partial charge in [0.1, 0.15) is 13.2 Å². The van der Waals surface area contributed by atoms with Gasteiger partial charge in [0.15, 0.2) is 0 Å². The highest BCUT2D eigenvalue weighted by atomic mass is 31.2. The number of carbonyl (C=O) groups excluding carboxylic acids is 1. The number of carbonyl (C=O) groups is 1. The van der Waals surface area contributed by atoms with Crippen LogP contribution in [0.4, 0.5) is 0 Å². The summed E-state index contributed by atoms with van der Waals surface area (Å²) in [6.07, 6.45) is 62.5. The van der Waals surface area contributed by atoms with E-state index < -0.39 is 20.0 Å². The van der Waals surface area contributed by atoms with Gasteiger partial charge in [0, 0.05) is 6.42 Å². The number of phosphoric ester groups is 1. The molecule has 0 heterocycles. The Hall–Kier alpha value is -1.28. The van der Waals surface area contributed by atoms with Crippen LogP contribution in [0.2, 0.25) is 0 Å². The number of aliphatic hydroxyl groups excluding tert-OH is 1. The van der Waals surface area contributed by atoms with Crippen LogP contribution in [0.3, 0.4) is 0 Å². The number of hydrogen-bond acceptors (Lipinski definition) is 5. The maximum atomic E-state index is 13.0. The Balaban J connectivity index is 4.24. The number of allylic oxidation sites excluding steroid dienone is 5. The molecule has 8 nitrogen and oxygen atoms in total. The predicted octanol–water partition coefficient (Wildman–Crippen LogP) is 17.0. The Morgan fingerprint density at radius 1 is 0.500 bits per heavy atom. The van der Waals surface area contributed by atoms with Crippen molar-refractivity contribution < 1.29 is 32.9 Å². The van der Waals surface area contributed by atoms with Crippen molar-refractivity contribution in [2.24, 2.45) is 0 Å². The molecular weight excluding hydrogens is 840 g/mol. The van der Waals surface area contributed by atoms with Crippen LogP contribution in [-0.4, -0.2) is 73.4 Å². The van der Waals surface area contributed by atoms with Crippen molar-refractivity contribution in [3.05, 3.63) is 36.5 Å². The summed E-state index contributed by atoms with van der Waals surface area (Å²) in [6.45, 7) is 4.82. The predicted molar refractivity (Wildman–Crippen MR) is 286 cm³/mol. The fourth-order valence-corrected chi connectivity index (χ4v) is 9.11. The van der Waals surface area contributed by atoms with E-state index in [-0.39, 0.29) is 19.1 Å². The van der Waals surface area contributed by atoms with Crippen LogP contribution in [-0.2, 0) is 18.4 Å². The number of unbranched alkanes of at least 4 members (excludes halogenated alkanes) is 35. The molecule has 3 unspecified atom stereocenters. The molecule has 0 aliphatic carbocycles. The summed E-state index contributed by atoms with van der Waals surface area (Å²) in [5.41, 5.74) is 0. The summed E-state index contributed by atoms with van der Waals surface area (Å²) in [7, 11) is 1.56. The zero-order valence-corrected chi connectivity index (χ0v) is 45.3. The topological polar surface area (TPSA) is 105 Å². The van der Waals surface area contributed by atoms with E-state index in [1.165, 1.54) is 205 Å². The summed E-state index contributed by atoms with van der Waals surface area (Å²) in [6, 6.07) is -0.867. The quantitative estimate of drug-likeness (QED) is 0.0243. The Morgan fingerprint density at radius 3 is 1.21 bits per heavy atom. The van der Waals surface area contributed by atoms with Gasteiger partial charge in [0.2, 0.25) is 5.91 Å². The molecule has 390 valence electrons. The molecule has 0 aromatic carbocycles. The molecule has 0 aliphatic rings. The minimum atomic E-state index is -4.36. The summed E-state index contributed by atoms with van der Waals surface area (Å²) < 4.78 is 23.7. The molecule has 9 heteroatoms. The fraction of sp³-hybridized carbons (Fsp3) is 0.877. The van der Waals surface area contributed by atoms with Gasteiger partial charge in [-0.25, -0.2) is 4.57 Å². The molecule has 0 saturated heterocycles. The molecule has 66 heavy (non-hydrogen) atoms. The van der Waals surface area contributed by atoms with Gasteiger partial charge in [-0.15, -0.1) is 0 Å². The first-order valence-electron chi connectivity index (χ1n) is 28.4. The zero-order chi connectivity index (χ0) is 48.5. The molecular formula is C57H112N2O6P+. The van der Waals surface area contributed by atoms with Gasteiger partial charge < -0.3 is 19.8 Å². The molecule has 0 radical (unpaired) electrons. The average molecular weight is 953 g/mol. The monoisotopic (exact) mass is 952 g/mol. The van der Waals surface area contributed by atoms with Crippen LogP contribution >= 0.6 is 7.82 Å². The molecule has 0 aliphatic heterocycles. The van der Waals surface area contributed by atoms with Gasteiger partial charge in [0.25, 0.3) is 0 Å². The summed E-state index contributed by atoms with van der Waals surface area (Å²) in [5, 5.41) is 13.9. The van der Waals surface area contributed by atoms with E-state index in [2.05, 4.69) is 43.5 Å². The molecule has 0 bridgehead atoms. The second-order valence-corrected chi connectivity index (χ2v) is 22.1. The minimum Gasteiger partial charge on any atom is -0.387 e. The van der Waals surface area contributed by atoms with Gasteiger partial charge in [-0.05, 0) is 44.9 Å². The Morgan fingerprint density at radius 2 is 0.833 bits per heavy atom. The molecule has 3 atom stereocenters. The van der Waals surface area contributed by atoms with E-state index in [0.29, 0.717) is 17.4 Å². The van der Waals surface area contributed by atoms with Crippen LogP contribution < -0.4 is 5.32 Å². The van der Waals surface area contributed by atoms with Gasteiger partial charge in [-0.2, -0.15) is 0 Å². The Bertz CT molecular complexity index is 1170. The number of amides is 1. The van der Waals surface area contributed by atoms with Crippen LogP contribution in [0.25, 0.3) is 0 Å². The summed E-state index contributed by atoms with van der Waals surface area (Å²) >= 11 is 0. The normalized spacial score (nSPS) is 14.2. The number of nitrogens with one attached hydrogen (secondary N) is 1. The summed E-state index contributed by atoms with van der Waals surface area (Å²) in [5.74, 6) is -0.186. The highest BCUT2D eigenvalue weighted by molar-refractivity contribution is 7.47. The number of nitrogens with zero attached hydrogens (tertiary/aromatic N) is 1. The SMILES string of the molecule is CCCCCCCCCCC/C=C/CC/C=C/CC/C=C/C(O)C(COP(=O)(O)OCC[N+](C)(C)C)NC(=O)CCCCCCCCCCCCCCCCCCCCCCCCCCC. The molecule has 1 amide bonds. The van der Waals surface area contributed by atoms with Gasteiger partial charge in [-0.3, -0.25) is 13.8 Å². The number of aliphatic hydroxyl groups is 1. The van der Waals surface area contributed by atoms with E-state index >= 15 is 0 Å². The third kappa shape index (κ3) is 50.6. The first-order chi connectivity index (χ1) is 32.0. The first kappa shape index (κ1) is 64.7. The van der Waals surface area contributed by atoms with Crippen molar-refractivity contribution in [3.8, 4) is 0 Å². The highest BCUT2D eigenvalue weighted by Gasteiger charge is 2.27. The van der Waals surface area contributed by atoms with E-state index in [0.717, 1.165) is 44.9 Å². The smallest absolute Gasteiger partial charge is 0.387 e. The lowest BCUT2D eigenvalue weighted by Gasteiger charge is -2.25. The van der Waals surface area contributed by atoms with Gasteiger partial charge >= 0.3 is 7.82 Å². The fourth-order valence-electron chi connectivity index (χ4n) is 8.37. The van der Waals surface area contributed by atoms with Crippen molar-refractivity contribution in [1.82, 2.24) is 5.32 Å².